The van der Waals surface area contributed by atoms with Crippen LogP contribution in [-0.4, -0.2) is 25.4 Å². The summed E-state index contributed by atoms with van der Waals surface area (Å²) in [6, 6.07) is 8.52. The molecule has 1 aromatic carbocycles. The number of nitrogens with two attached hydrogens (primary N) is 1. The standard InChI is InChI=1S/C21H27N3O2S/c1-3-14-8-10-15(11-9-14)12-24(2)13-18(25)23-21-19(20(22)26)16-6-4-5-7-17(16)27-21/h8-11H,3-7,12-13H2,1-2H3,(H2,22,26)(H,23,25)/p+1. The summed E-state index contributed by atoms with van der Waals surface area (Å²) < 4.78 is 0. The maximum Gasteiger partial charge on any atom is 0.280 e. The third-order valence-electron chi connectivity index (χ3n) is 5.07. The van der Waals surface area contributed by atoms with Crippen molar-refractivity contribution >= 4 is 28.2 Å². The van der Waals surface area contributed by atoms with Gasteiger partial charge in [-0.2, -0.15) is 0 Å². The molecule has 144 valence electrons. The lowest BCUT2D eigenvalue weighted by Gasteiger charge is -2.14. The molecule has 0 aliphatic heterocycles. The van der Waals surface area contributed by atoms with Crippen LogP contribution in [-0.2, 0) is 30.6 Å². The number of nitrogens with one attached hydrogen (secondary N) is 2. The van der Waals surface area contributed by atoms with E-state index in [2.05, 4.69) is 36.5 Å². The summed E-state index contributed by atoms with van der Waals surface area (Å²) in [6.07, 6.45) is 5.07. The molecule has 0 radical (unpaired) electrons. The molecule has 0 saturated heterocycles. The lowest BCUT2D eigenvalue weighted by atomic mass is 9.95. The largest absolute Gasteiger partial charge is 0.365 e. The lowest BCUT2D eigenvalue weighted by Crippen LogP contribution is -3.08. The number of hydrogen-bond donors (Lipinski definition) is 3. The topological polar surface area (TPSA) is 76.6 Å². The molecule has 5 nitrogen and oxygen atoms in total. The highest BCUT2D eigenvalue weighted by atomic mass is 32.1. The summed E-state index contributed by atoms with van der Waals surface area (Å²) in [5.74, 6) is -0.528. The fourth-order valence-corrected chi connectivity index (χ4v) is 4.97. The number of benzene rings is 1. The summed E-state index contributed by atoms with van der Waals surface area (Å²) in [5, 5.41) is 3.57. The molecule has 27 heavy (non-hydrogen) atoms. The Morgan fingerprint density at radius 2 is 1.81 bits per heavy atom. The van der Waals surface area contributed by atoms with Gasteiger partial charge in [0.05, 0.1) is 12.6 Å². The fourth-order valence-electron chi connectivity index (χ4n) is 3.66. The van der Waals surface area contributed by atoms with Gasteiger partial charge in [0.15, 0.2) is 6.54 Å². The van der Waals surface area contributed by atoms with Gasteiger partial charge in [-0.05, 0) is 43.2 Å². The zero-order valence-corrected chi connectivity index (χ0v) is 16.9. The number of anilines is 1. The van der Waals surface area contributed by atoms with Crippen molar-refractivity contribution in [2.45, 2.75) is 45.6 Å². The number of aryl methyl sites for hydroxylation is 2. The number of carbonyl (C=O) groups is 2. The minimum Gasteiger partial charge on any atom is -0.365 e. The Bertz CT molecular complexity index is 827. The predicted octanol–water partition coefficient (Wildman–Crippen LogP) is 1.94. The maximum atomic E-state index is 12.5. The Morgan fingerprint density at radius 1 is 1.15 bits per heavy atom. The number of likely N-dealkylation sites (N-methyl/N-ethyl adjacent to an activating group) is 1. The second kappa shape index (κ2) is 8.67. The smallest absolute Gasteiger partial charge is 0.280 e. The Labute approximate surface area is 164 Å². The van der Waals surface area contributed by atoms with Gasteiger partial charge in [-0.1, -0.05) is 31.2 Å². The molecule has 1 aromatic heterocycles. The quantitative estimate of drug-likeness (QED) is 0.680. The molecule has 0 fully saturated rings. The van der Waals surface area contributed by atoms with Crippen molar-refractivity contribution in [2.24, 2.45) is 5.73 Å². The highest BCUT2D eigenvalue weighted by Gasteiger charge is 2.25. The van der Waals surface area contributed by atoms with Gasteiger partial charge in [-0.25, -0.2) is 0 Å². The Hall–Kier alpha value is -2.18. The first-order chi connectivity index (χ1) is 13.0. The normalized spacial score (nSPS) is 14.4. The number of carbonyl (C=O) groups excluding carboxylic acids is 2. The zero-order chi connectivity index (χ0) is 19.4. The van der Waals surface area contributed by atoms with Crippen LogP contribution in [0.2, 0.25) is 0 Å². The van der Waals surface area contributed by atoms with Gasteiger partial charge in [0.1, 0.15) is 11.5 Å². The van der Waals surface area contributed by atoms with Crippen molar-refractivity contribution in [2.75, 3.05) is 18.9 Å². The molecule has 6 heteroatoms. The van der Waals surface area contributed by atoms with E-state index in [9.17, 15) is 9.59 Å². The van der Waals surface area contributed by atoms with E-state index in [1.807, 2.05) is 7.05 Å². The van der Waals surface area contributed by atoms with E-state index >= 15 is 0 Å². The number of thiophene rings is 1. The summed E-state index contributed by atoms with van der Waals surface area (Å²) >= 11 is 1.51. The summed E-state index contributed by atoms with van der Waals surface area (Å²) in [4.78, 5) is 26.7. The van der Waals surface area contributed by atoms with Crippen molar-refractivity contribution in [1.82, 2.24) is 0 Å². The summed E-state index contributed by atoms with van der Waals surface area (Å²) in [7, 11) is 2.00. The van der Waals surface area contributed by atoms with Crippen LogP contribution < -0.4 is 16.0 Å². The fraction of sp³-hybridized carbons (Fsp3) is 0.429. The first kappa shape index (κ1) is 19.6. The van der Waals surface area contributed by atoms with E-state index in [1.165, 1.54) is 27.3 Å². The molecule has 1 heterocycles. The predicted molar refractivity (Wildman–Crippen MR) is 109 cm³/mol. The van der Waals surface area contributed by atoms with Gasteiger partial charge in [0.25, 0.3) is 11.8 Å². The molecule has 1 atom stereocenters. The van der Waals surface area contributed by atoms with Crippen LogP contribution in [0, 0.1) is 0 Å². The Morgan fingerprint density at radius 3 is 2.48 bits per heavy atom. The van der Waals surface area contributed by atoms with E-state index in [1.54, 1.807) is 0 Å². The van der Waals surface area contributed by atoms with Gasteiger partial charge in [-0.3, -0.25) is 9.59 Å². The van der Waals surface area contributed by atoms with Gasteiger partial charge < -0.3 is 16.0 Å². The molecular formula is C21H28N3O2S+. The molecule has 0 spiro atoms. The van der Waals surface area contributed by atoms with Crippen LogP contribution in [0.5, 0.6) is 0 Å². The van der Waals surface area contributed by atoms with Crippen molar-refractivity contribution in [3.05, 3.63) is 51.4 Å². The zero-order valence-electron chi connectivity index (χ0n) is 16.1. The summed E-state index contributed by atoms with van der Waals surface area (Å²) in [5.41, 5.74) is 9.69. The molecule has 3 rings (SSSR count). The monoisotopic (exact) mass is 386 g/mol. The highest BCUT2D eigenvalue weighted by molar-refractivity contribution is 7.17. The van der Waals surface area contributed by atoms with Crippen LogP contribution >= 0.6 is 11.3 Å². The summed E-state index contributed by atoms with van der Waals surface area (Å²) in [6.45, 7) is 3.26. The maximum absolute atomic E-state index is 12.5. The van der Waals surface area contributed by atoms with E-state index in [4.69, 9.17) is 5.73 Å². The number of primary amides is 1. The number of hydrogen-bond acceptors (Lipinski definition) is 3. The second-order valence-corrected chi connectivity index (χ2v) is 8.41. The lowest BCUT2D eigenvalue weighted by molar-refractivity contribution is -0.885. The van der Waals surface area contributed by atoms with Gasteiger partial charge in [0.2, 0.25) is 0 Å². The third-order valence-corrected chi connectivity index (χ3v) is 6.28. The number of quaternary nitrogens is 1. The molecule has 0 saturated carbocycles. The number of fused-ring (bicyclic) bond motifs is 1. The minimum absolute atomic E-state index is 0.0845. The third kappa shape index (κ3) is 4.76. The van der Waals surface area contributed by atoms with Gasteiger partial charge >= 0.3 is 0 Å². The molecule has 1 aliphatic rings. The van der Waals surface area contributed by atoms with Crippen LogP contribution in [0.15, 0.2) is 24.3 Å². The van der Waals surface area contributed by atoms with Crippen LogP contribution in [0.4, 0.5) is 5.00 Å². The van der Waals surface area contributed by atoms with Crippen molar-refractivity contribution in [3.63, 3.8) is 0 Å². The van der Waals surface area contributed by atoms with E-state index in [0.29, 0.717) is 17.1 Å². The molecular weight excluding hydrogens is 358 g/mol. The van der Waals surface area contributed by atoms with Crippen LogP contribution in [0.1, 0.15) is 51.7 Å². The molecule has 0 bridgehead atoms. The molecule has 2 amide bonds. The van der Waals surface area contributed by atoms with Crippen molar-refractivity contribution in [1.29, 1.82) is 0 Å². The average molecular weight is 387 g/mol. The Kier molecular flexibility index (Phi) is 6.29. The number of rotatable bonds is 7. The van der Waals surface area contributed by atoms with Crippen LogP contribution in [0.3, 0.4) is 0 Å². The van der Waals surface area contributed by atoms with E-state index in [-0.39, 0.29) is 5.91 Å². The first-order valence-electron chi connectivity index (χ1n) is 9.61. The minimum atomic E-state index is -0.443. The highest BCUT2D eigenvalue weighted by Crippen LogP contribution is 2.37. The van der Waals surface area contributed by atoms with E-state index in [0.717, 1.165) is 49.1 Å². The molecule has 2 aromatic rings. The van der Waals surface area contributed by atoms with Crippen molar-refractivity contribution < 1.29 is 14.5 Å². The number of amides is 2. The molecule has 4 N–H and O–H groups in total. The Balaban J connectivity index is 1.63. The second-order valence-electron chi connectivity index (χ2n) is 7.31. The van der Waals surface area contributed by atoms with E-state index < -0.39 is 5.91 Å². The molecule has 1 aliphatic carbocycles. The van der Waals surface area contributed by atoms with Crippen molar-refractivity contribution in [3.8, 4) is 0 Å². The average Bonchev–Trinajstić information content (AvgIpc) is 2.99. The van der Waals surface area contributed by atoms with Gasteiger partial charge in [-0.15, -0.1) is 11.3 Å². The van der Waals surface area contributed by atoms with Crippen LogP contribution in [0.25, 0.3) is 0 Å². The van der Waals surface area contributed by atoms with Gasteiger partial charge in [0, 0.05) is 10.4 Å². The first-order valence-corrected chi connectivity index (χ1v) is 10.4. The SMILES string of the molecule is CCc1ccc(C[NH+](C)CC(=O)Nc2sc3c(c2C(N)=O)CCCC3)cc1. The molecule has 1 unspecified atom stereocenters.